The van der Waals surface area contributed by atoms with Crippen LogP contribution in [0.15, 0.2) is 152 Å². The van der Waals surface area contributed by atoms with Gasteiger partial charge in [0.25, 0.3) is 0 Å². The van der Waals surface area contributed by atoms with Crippen molar-refractivity contribution < 1.29 is 0 Å². The van der Waals surface area contributed by atoms with Crippen molar-refractivity contribution >= 4 is 31.5 Å². The first-order valence-electron chi connectivity index (χ1n) is 14.8. The molecule has 2 heterocycles. The van der Waals surface area contributed by atoms with Gasteiger partial charge in [0, 0.05) is 31.3 Å². The SMILES string of the molecule is c1ccc(-c2nc(-c3cccc4c3sc3ccccc34)nc(C3(c4ccccc4)c4ccccc4-c4ccccc43)n2)cc1. The van der Waals surface area contributed by atoms with E-state index in [0.29, 0.717) is 11.6 Å². The molecule has 0 radical (unpaired) electrons. The Hall–Kier alpha value is -5.45. The smallest absolute Gasteiger partial charge is 0.165 e. The molecule has 0 bridgehead atoms. The Morgan fingerprint density at radius 3 is 1.75 bits per heavy atom. The second-order valence-corrected chi connectivity index (χ2v) is 12.2. The second kappa shape index (κ2) is 9.80. The molecule has 0 N–H and O–H groups in total. The van der Waals surface area contributed by atoms with Crippen molar-refractivity contribution in [1.82, 2.24) is 15.0 Å². The summed E-state index contributed by atoms with van der Waals surface area (Å²) in [6.07, 6.45) is 0. The monoisotopic (exact) mass is 579 g/mol. The molecule has 1 aliphatic carbocycles. The lowest BCUT2D eigenvalue weighted by molar-refractivity contribution is 0.692. The predicted molar refractivity (Wildman–Crippen MR) is 181 cm³/mol. The van der Waals surface area contributed by atoms with E-state index in [1.165, 1.54) is 42.4 Å². The van der Waals surface area contributed by atoms with Crippen molar-refractivity contribution in [2.75, 3.05) is 0 Å². The molecule has 9 rings (SSSR count). The van der Waals surface area contributed by atoms with Crippen molar-refractivity contribution in [2.24, 2.45) is 0 Å². The van der Waals surface area contributed by atoms with E-state index in [1.54, 1.807) is 11.3 Å². The topological polar surface area (TPSA) is 38.7 Å². The Morgan fingerprint density at radius 1 is 0.432 bits per heavy atom. The predicted octanol–water partition coefficient (Wildman–Crippen LogP) is 9.94. The van der Waals surface area contributed by atoms with Crippen LogP contribution in [0.25, 0.3) is 54.1 Å². The third kappa shape index (κ3) is 3.58. The number of hydrogen-bond donors (Lipinski definition) is 0. The van der Waals surface area contributed by atoms with Gasteiger partial charge in [0.15, 0.2) is 17.5 Å². The molecule has 206 valence electrons. The summed E-state index contributed by atoms with van der Waals surface area (Å²) in [6, 6.07) is 53.4. The zero-order valence-electron chi connectivity index (χ0n) is 23.7. The van der Waals surface area contributed by atoms with Gasteiger partial charge in [0.05, 0.1) is 0 Å². The first kappa shape index (κ1) is 25.1. The van der Waals surface area contributed by atoms with Crippen LogP contribution in [0.2, 0.25) is 0 Å². The molecular formula is C40H25N3S. The number of thiophene rings is 1. The van der Waals surface area contributed by atoms with Crippen molar-refractivity contribution in [3.8, 4) is 33.9 Å². The summed E-state index contributed by atoms with van der Waals surface area (Å²) >= 11 is 1.80. The number of nitrogens with zero attached hydrogens (tertiary/aromatic N) is 3. The largest absolute Gasteiger partial charge is 0.211 e. The van der Waals surface area contributed by atoms with Crippen LogP contribution in [0, 0.1) is 0 Å². The fourth-order valence-electron chi connectivity index (χ4n) is 6.91. The molecule has 0 saturated heterocycles. The molecule has 6 aromatic carbocycles. The molecule has 0 aliphatic heterocycles. The van der Waals surface area contributed by atoms with Crippen LogP contribution in [0.1, 0.15) is 22.5 Å². The third-order valence-electron chi connectivity index (χ3n) is 8.81. The lowest BCUT2D eigenvalue weighted by Crippen LogP contribution is -2.31. The number of aromatic nitrogens is 3. The van der Waals surface area contributed by atoms with E-state index in [2.05, 4.69) is 133 Å². The highest BCUT2D eigenvalue weighted by Gasteiger charge is 2.48. The molecular weight excluding hydrogens is 555 g/mol. The summed E-state index contributed by atoms with van der Waals surface area (Å²) in [5.74, 6) is 2.08. The first-order chi connectivity index (χ1) is 21.8. The van der Waals surface area contributed by atoms with Crippen molar-refractivity contribution in [3.05, 3.63) is 174 Å². The Morgan fingerprint density at radius 2 is 1.00 bits per heavy atom. The summed E-state index contributed by atoms with van der Waals surface area (Å²) in [5, 5.41) is 2.48. The molecule has 2 aromatic heterocycles. The second-order valence-electron chi connectivity index (χ2n) is 11.2. The zero-order valence-corrected chi connectivity index (χ0v) is 24.5. The van der Waals surface area contributed by atoms with Gasteiger partial charge in [0.2, 0.25) is 0 Å². The van der Waals surface area contributed by atoms with Gasteiger partial charge in [-0.2, -0.15) is 0 Å². The third-order valence-corrected chi connectivity index (χ3v) is 10.0. The van der Waals surface area contributed by atoms with Crippen LogP contribution in [0.5, 0.6) is 0 Å². The highest BCUT2D eigenvalue weighted by atomic mass is 32.1. The molecule has 0 amide bonds. The van der Waals surface area contributed by atoms with Crippen molar-refractivity contribution in [3.63, 3.8) is 0 Å². The standard InChI is InChI=1S/C40H25N3S/c1-3-14-26(15-4-1)37-41-38(32-22-13-21-31-30-20-9-12-25-35(30)44-36(31)32)43-39(42-37)40(27-16-5-2-6-17-27)33-23-10-7-18-28(33)29-19-8-11-24-34(29)40/h1-25H. The normalized spacial score (nSPS) is 13.2. The number of fused-ring (bicyclic) bond motifs is 6. The van der Waals surface area contributed by atoms with Gasteiger partial charge in [-0.25, -0.2) is 15.0 Å². The number of rotatable bonds is 4. The lowest BCUT2D eigenvalue weighted by atomic mass is 9.71. The van der Waals surface area contributed by atoms with Crippen LogP contribution < -0.4 is 0 Å². The molecule has 8 aromatic rings. The van der Waals surface area contributed by atoms with E-state index in [9.17, 15) is 0 Å². The van der Waals surface area contributed by atoms with E-state index >= 15 is 0 Å². The summed E-state index contributed by atoms with van der Waals surface area (Å²) in [7, 11) is 0. The average Bonchev–Trinajstić information content (AvgIpc) is 3.63. The molecule has 0 fully saturated rings. The maximum atomic E-state index is 5.46. The van der Waals surface area contributed by atoms with Gasteiger partial charge < -0.3 is 0 Å². The van der Waals surface area contributed by atoms with Gasteiger partial charge in [-0.3, -0.25) is 0 Å². The van der Waals surface area contributed by atoms with Gasteiger partial charge in [0.1, 0.15) is 5.41 Å². The molecule has 44 heavy (non-hydrogen) atoms. The summed E-state index contributed by atoms with van der Waals surface area (Å²) < 4.78 is 2.44. The van der Waals surface area contributed by atoms with Crippen LogP contribution in [0.4, 0.5) is 0 Å². The number of hydrogen-bond acceptors (Lipinski definition) is 4. The molecule has 0 unspecified atom stereocenters. The van der Waals surface area contributed by atoms with E-state index in [-0.39, 0.29) is 0 Å². The fourth-order valence-corrected chi connectivity index (χ4v) is 8.12. The molecule has 3 nitrogen and oxygen atoms in total. The quantitative estimate of drug-likeness (QED) is 0.208. The lowest BCUT2D eigenvalue weighted by Gasteiger charge is -2.32. The van der Waals surface area contributed by atoms with Crippen LogP contribution in [0.3, 0.4) is 0 Å². The Balaban J connectivity index is 1.42. The Labute approximate surface area is 259 Å². The van der Waals surface area contributed by atoms with Crippen LogP contribution >= 0.6 is 11.3 Å². The minimum atomic E-state index is -0.719. The highest BCUT2D eigenvalue weighted by Crippen LogP contribution is 2.55. The maximum absolute atomic E-state index is 5.46. The van der Waals surface area contributed by atoms with E-state index in [4.69, 9.17) is 15.0 Å². The van der Waals surface area contributed by atoms with Gasteiger partial charge in [-0.05, 0) is 39.9 Å². The van der Waals surface area contributed by atoms with Gasteiger partial charge in [-0.15, -0.1) is 11.3 Å². The van der Waals surface area contributed by atoms with Crippen LogP contribution in [-0.2, 0) is 5.41 Å². The molecule has 1 aliphatic rings. The minimum absolute atomic E-state index is 0.667. The van der Waals surface area contributed by atoms with E-state index < -0.39 is 5.41 Å². The summed E-state index contributed by atoms with van der Waals surface area (Å²) in [6.45, 7) is 0. The van der Waals surface area contributed by atoms with E-state index in [1.807, 2.05) is 18.2 Å². The van der Waals surface area contributed by atoms with Crippen molar-refractivity contribution in [1.29, 1.82) is 0 Å². The maximum Gasteiger partial charge on any atom is 0.165 e. The minimum Gasteiger partial charge on any atom is -0.211 e. The van der Waals surface area contributed by atoms with Gasteiger partial charge >= 0.3 is 0 Å². The first-order valence-corrected chi connectivity index (χ1v) is 15.6. The molecule has 4 heteroatoms. The summed E-state index contributed by atoms with van der Waals surface area (Å²) in [5.41, 5.74) is 7.18. The van der Waals surface area contributed by atoms with Crippen LogP contribution in [-0.4, -0.2) is 15.0 Å². The Kier molecular flexibility index (Phi) is 5.59. The molecule has 0 atom stereocenters. The molecule has 0 saturated carbocycles. The molecule has 0 spiro atoms. The summed E-state index contributed by atoms with van der Waals surface area (Å²) in [4.78, 5) is 16.0. The zero-order chi connectivity index (χ0) is 29.1. The Bertz CT molecular complexity index is 2300. The number of benzene rings is 6. The van der Waals surface area contributed by atoms with E-state index in [0.717, 1.165) is 22.5 Å². The average molecular weight is 580 g/mol. The van der Waals surface area contributed by atoms with Crippen molar-refractivity contribution in [2.45, 2.75) is 5.41 Å². The highest BCUT2D eigenvalue weighted by molar-refractivity contribution is 7.26. The van der Waals surface area contributed by atoms with Gasteiger partial charge in [-0.1, -0.05) is 140 Å². The fraction of sp³-hybridized carbons (Fsp3) is 0.0250.